The van der Waals surface area contributed by atoms with Gasteiger partial charge in [0.1, 0.15) is 5.76 Å². The molecule has 4 bridgehead atoms. The normalized spacial score (nSPS) is 34.8. The van der Waals surface area contributed by atoms with Crippen LogP contribution in [-0.2, 0) is 23.7 Å². The van der Waals surface area contributed by atoms with Gasteiger partial charge in [0.25, 0.3) is 0 Å². The van der Waals surface area contributed by atoms with Crippen molar-refractivity contribution in [3.05, 3.63) is 11.3 Å². The predicted molar refractivity (Wildman–Crippen MR) is 147 cm³/mol. The number of ether oxygens (including phenoxy) is 4. The first-order chi connectivity index (χ1) is 18.1. The van der Waals surface area contributed by atoms with Crippen LogP contribution in [0.1, 0.15) is 111 Å². The van der Waals surface area contributed by atoms with Crippen LogP contribution in [0.5, 0.6) is 0 Å². The number of carboxylic acid groups (broad SMARTS) is 1. The zero-order chi connectivity index (χ0) is 26.9. The lowest BCUT2D eigenvalue weighted by Gasteiger charge is -2.62. The van der Waals surface area contributed by atoms with E-state index in [1.165, 1.54) is 38.5 Å². The molecule has 0 aromatic carbocycles. The fraction of sp³-hybridized carbons (Fsp3) is 0.906. The van der Waals surface area contributed by atoms with Crippen LogP contribution in [-0.4, -0.2) is 56.3 Å². The largest absolute Gasteiger partial charge is 0.497 e. The maximum Gasteiger partial charge on any atom is 0.334 e. The molecule has 216 valence electrons. The molecule has 6 heteroatoms. The summed E-state index contributed by atoms with van der Waals surface area (Å²) in [4.78, 5) is 12.2. The number of rotatable bonds is 16. The van der Waals surface area contributed by atoms with E-state index in [1.807, 2.05) is 0 Å². The van der Waals surface area contributed by atoms with E-state index in [0.717, 1.165) is 90.2 Å². The van der Waals surface area contributed by atoms with Crippen molar-refractivity contribution >= 4 is 5.97 Å². The fourth-order valence-corrected chi connectivity index (χ4v) is 8.68. The fourth-order valence-electron chi connectivity index (χ4n) is 8.68. The number of hydrogen-bond acceptors (Lipinski definition) is 5. The lowest BCUT2D eigenvalue weighted by atomic mass is 9.47. The van der Waals surface area contributed by atoms with Gasteiger partial charge in [0.15, 0.2) is 0 Å². The van der Waals surface area contributed by atoms with E-state index in [-0.39, 0.29) is 11.0 Å². The van der Waals surface area contributed by atoms with Crippen molar-refractivity contribution in [1.82, 2.24) is 0 Å². The maximum atomic E-state index is 12.2. The van der Waals surface area contributed by atoms with Gasteiger partial charge in [-0.1, -0.05) is 39.5 Å². The molecule has 6 rings (SSSR count). The summed E-state index contributed by atoms with van der Waals surface area (Å²) >= 11 is 0. The molecule has 2 heterocycles. The first-order valence-corrected chi connectivity index (χ1v) is 15.5. The number of allylic oxidation sites excluding steroid dienone is 1. The van der Waals surface area contributed by atoms with E-state index in [9.17, 15) is 9.90 Å². The van der Waals surface area contributed by atoms with Crippen LogP contribution < -0.4 is 0 Å². The lowest BCUT2D eigenvalue weighted by molar-refractivity contribution is -0.193. The molecular weight excluding hydrogens is 480 g/mol. The van der Waals surface area contributed by atoms with Gasteiger partial charge >= 0.3 is 5.97 Å². The SMILES string of the molecule is CC(C(=O)O)=C(OCCCCCC1(C)COC1)C12CC3CC(CC(OCCCCCC4(C)COC4)(C3)C1)C2. The third kappa shape index (κ3) is 6.28. The van der Waals surface area contributed by atoms with Gasteiger partial charge < -0.3 is 24.1 Å². The van der Waals surface area contributed by atoms with Crippen molar-refractivity contribution in [1.29, 1.82) is 0 Å². The standard InChI is InChI=1S/C32H52O6/c1-24(28(33)34)27(37-12-8-4-6-10-29(2)20-35-21-29)31-15-25-14-26(16-31)18-32(17-25,19-31)38-13-9-5-7-11-30(3)22-36-23-30/h25-26H,4-23H2,1-3H3,(H,33,34). The Bertz CT molecular complexity index is 855. The number of unbranched alkanes of at least 4 members (excludes halogenated alkanes) is 4. The molecule has 0 radical (unpaired) electrons. The summed E-state index contributed by atoms with van der Waals surface area (Å²) in [7, 11) is 0. The molecule has 6 nitrogen and oxygen atoms in total. The van der Waals surface area contributed by atoms with E-state index < -0.39 is 5.97 Å². The number of carboxylic acids is 1. The predicted octanol–water partition coefficient (Wildman–Crippen LogP) is 6.91. The molecule has 4 saturated carbocycles. The molecule has 0 aromatic heterocycles. The monoisotopic (exact) mass is 532 g/mol. The lowest BCUT2D eigenvalue weighted by Crippen LogP contribution is -2.57. The van der Waals surface area contributed by atoms with Gasteiger partial charge in [0.05, 0.1) is 44.2 Å². The topological polar surface area (TPSA) is 74.2 Å². The van der Waals surface area contributed by atoms with Crippen LogP contribution in [0.2, 0.25) is 0 Å². The molecule has 38 heavy (non-hydrogen) atoms. The van der Waals surface area contributed by atoms with Gasteiger partial charge in [0, 0.05) is 22.9 Å². The quantitative estimate of drug-likeness (QED) is 0.132. The highest BCUT2D eigenvalue weighted by Crippen LogP contribution is 2.65. The summed E-state index contributed by atoms with van der Waals surface area (Å²) in [6.45, 7) is 11.4. The molecule has 1 N–H and O–H groups in total. The Kier molecular flexibility index (Phi) is 8.53. The Morgan fingerprint density at radius 3 is 1.87 bits per heavy atom. The zero-order valence-corrected chi connectivity index (χ0v) is 24.3. The van der Waals surface area contributed by atoms with Gasteiger partial charge in [-0.25, -0.2) is 4.79 Å². The smallest absolute Gasteiger partial charge is 0.334 e. The number of hydrogen-bond donors (Lipinski definition) is 1. The van der Waals surface area contributed by atoms with Crippen molar-refractivity contribution < 1.29 is 28.8 Å². The summed E-state index contributed by atoms with van der Waals surface area (Å²) in [6, 6.07) is 0. The molecule has 0 aromatic rings. The average molecular weight is 533 g/mol. The third-order valence-electron chi connectivity index (χ3n) is 10.5. The highest BCUT2D eigenvalue weighted by molar-refractivity contribution is 5.86. The van der Waals surface area contributed by atoms with Gasteiger partial charge in [-0.3, -0.25) is 0 Å². The first-order valence-electron chi connectivity index (χ1n) is 15.5. The van der Waals surface area contributed by atoms with E-state index in [4.69, 9.17) is 18.9 Å². The zero-order valence-electron chi connectivity index (χ0n) is 24.3. The maximum absolute atomic E-state index is 12.2. The Labute approximate surface area is 230 Å². The molecule has 4 aliphatic carbocycles. The second-order valence-electron chi connectivity index (χ2n) is 14.6. The third-order valence-corrected chi connectivity index (χ3v) is 10.5. The molecule has 0 spiro atoms. The molecule has 6 fully saturated rings. The molecule has 2 atom stereocenters. The van der Waals surface area contributed by atoms with Crippen LogP contribution in [0.15, 0.2) is 11.3 Å². The summed E-state index contributed by atoms with van der Waals surface area (Å²) in [6.07, 6.45) is 15.9. The second-order valence-corrected chi connectivity index (χ2v) is 14.6. The van der Waals surface area contributed by atoms with Crippen molar-refractivity contribution in [3.8, 4) is 0 Å². The van der Waals surface area contributed by atoms with Crippen LogP contribution in [0.25, 0.3) is 0 Å². The van der Waals surface area contributed by atoms with E-state index in [1.54, 1.807) is 6.92 Å². The van der Waals surface area contributed by atoms with Crippen molar-refractivity contribution in [3.63, 3.8) is 0 Å². The molecule has 2 saturated heterocycles. The van der Waals surface area contributed by atoms with Gasteiger partial charge in [-0.15, -0.1) is 0 Å². The molecule has 6 aliphatic rings. The Hall–Kier alpha value is -1.11. The Balaban J connectivity index is 1.15. The minimum absolute atomic E-state index is 0.0917. The summed E-state index contributed by atoms with van der Waals surface area (Å²) in [5.74, 6) is 1.19. The van der Waals surface area contributed by atoms with Crippen molar-refractivity contribution in [2.24, 2.45) is 28.1 Å². The summed E-state index contributed by atoms with van der Waals surface area (Å²) < 4.78 is 24.0. The highest BCUT2D eigenvalue weighted by Gasteiger charge is 2.60. The minimum atomic E-state index is -0.839. The summed E-state index contributed by atoms with van der Waals surface area (Å²) in [5, 5.41) is 10.00. The van der Waals surface area contributed by atoms with Crippen LogP contribution >= 0.6 is 0 Å². The molecular formula is C32H52O6. The molecule has 2 unspecified atom stereocenters. The van der Waals surface area contributed by atoms with Crippen LogP contribution in [0, 0.1) is 28.1 Å². The second kappa shape index (κ2) is 11.4. The minimum Gasteiger partial charge on any atom is -0.497 e. The van der Waals surface area contributed by atoms with E-state index >= 15 is 0 Å². The van der Waals surface area contributed by atoms with Crippen molar-refractivity contribution in [2.75, 3.05) is 39.6 Å². The number of carbonyl (C=O) groups is 1. The van der Waals surface area contributed by atoms with Gasteiger partial charge in [-0.2, -0.15) is 0 Å². The molecule has 0 amide bonds. The van der Waals surface area contributed by atoms with Crippen LogP contribution in [0.4, 0.5) is 0 Å². The Morgan fingerprint density at radius 1 is 0.816 bits per heavy atom. The first kappa shape index (κ1) is 28.4. The van der Waals surface area contributed by atoms with Gasteiger partial charge in [-0.05, 0) is 83.0 Å². The summed E-state index contributed by atoms with van der Waals surface area (Å²) in [5.41, 5.74) is 0.924. The van der Waals surface area contributed by atoms with Crippen LogP contribution in [0.3, 0.4) is 0 Å². The molecule has 2 aliphatic heterocycles. The van der Waals surface area contributed by atoms with Crippen molar-refractivity contribution in [2.45, 2.75) is 116 Å². The Morgan fingerprint density at radius 2 is 1.37 bits per heavy atom. The number of aliphatic carboxylic acids is 1. The van der Waals surface area contributed by atoms with E-state index in [0.29, 0.717) is 34.8 Å². The average Bonchev–Trinajstić information content (AvgIpc) is 2.82. The van der Waals surface area contributed by atoms with Gasteiger partial charge in [0.2, 0.25) is 0 Å². The highest BCUT2D eigenvalue weighted by atomic mass is 16.5. The van der Waals surface area contributed by atoms with E-state index in [2.05, 4.69) is 13.8 Å².